The summed E-state index contributed by atoms with van der Waals surface area (Å²) in [5.74, 6) is 0.0362. The van der Waals surface area contributed by atoms with Crippen molar-refractivity contribution in [3.8, 4) is 0 Å². The molecule has 0 radical (unpaired) electrons. The highest BCUT2D eigenvalue weighted by molar-refractivity contribution is 8.00. The van der Waals surface area contributed by atoms with Crippen LogP contribution in [0.15, 0.2) is 41.8 Å². The topological polar surface area (TPSA) is 55.4 Å². The number of hydrogen-bond acceptors (Lipinski definition) is 5. The summed E-state index contributed by atoms with van der Waals surface area (Å²) in [4.78, 5) is 24.6. The van der Waals surface area contributed by atoms with Crippen LogP contribution in [0.2, 0.25) is 0 Å². The molecule has 1 atom stereocenters. The summed E-state index contributed by atoms with van der Waals surface area (Å²) in [6.45, 7) is 4.16. The van der Waals surface area contributed by atoms with E-state index in [0.29, 0.717) is 6.61 Å². The molecule has 0 aliphatic heterocycles. The zero-order chi connectivity index (χ0) is 17.4. The molecule has 0 saturated carbocycles. The second-order valence-corrected chi connectivity index (χ2v) is 7.19. The van der Waals surface area contributed by atoms with E-state index in [4.69, 9.17) is 4.74 Å². The van der Waals surface area contributed by atoms with Crippen LogP contribution in [0, 0.1) is 6.92 Å². The van der Waals surface area contributed by atoms with Crippen molar-refractivity contribution < 1.29 is 14.3 Å². The molecule has 1 unspecified atom stereocenters. The van der Waals surface area contributed by atoms with Crippen LogP contribution >= 0.6 is 23.1 Å². The van der Waals surface area contributed by atoms with E-state index in [9.17, 15) is 9.59 Å². The number of hydrogen-bond donors (Lipinski definition) is 1. The lowest BCUT2D eigenvalue weighted by Crippen LogP contribution is -2.30. The molecule has 1 heterocycles. The van der Waals surface area contributed by atoms with Gasteiger partial charge in [-0.15, -0.1) is 23.1 Å². The molecule has 2 rings (SSSR count). The highest BCUT2D eigenvalue weighted by Gasteiger charge is 2.18. The van der Waals surface area contributed by atoms with E-state index in [1.165, 1.54) is 17.3 Å². The van der Waals surface area contributed by atoms with Gasteiger partial charge in [-0.25, -0.2) is 0 Å². The van der Waals surface area contributed by atoms with Crippen LogP contribution in [0.5, 0.6) is 0 Å². The number of benzene rings is 1. The molecular formula is C18H21NO3S2. The summed E-state index contributed by atoms with van der Waals surface area (Å²) in [6.07, 6.45) is 0. The molecule has 0 saturated heterocycles. The van der Waals surface area contributed by atoms with Gasteiger partial charge < -0.3 is 10.1 Å². The van der Waals surface area contributed by atoms with Gasteiger partial charge in [-0.05, 0) is 30.9 Å². The molecule has 6 heteroatoms. The normalized spacial score (nSPS) is 11.8. The maximum atomic E-state index is 12.2. The highest BCUT2D eigenvalue weighted by atomic mass is 32.2. The van der Waals surface area contributed by atoms with E-state index < -0.39 is 0 Å². The number of amides is 1. The number of esters is 1. The fraction of sp³-hybridized carbons (Fsp3) is 0.333. The Hall–Kier alpha value is -1.79. The van der Waals surface area contributed by atoms with E-state index in [1.807, 2.05) is 48.7 Å². The van der Waals surface area contributed by atoms with Gasteiger partial charge in [0, 0.05) is 4.88 Å². The fourth-order valence-electron chi connectivity index (χ4n) is 2.17. The first-order chi connectivity index (χ1) is 11.6. The third kappa shape index (κ3) is 5.69. The highest BCUT2D eigenvalue weighted by Crippen LogP contribution is 2.26. The zero-order valence-corrected chi connectivity index (χ0v) is 15.4. The molecule has 1 aromatic carbocycles. The lowest BCUT2D eigenvalue weighted by Gasteiger charge is -2.18. The summed E-state index contributed by atoms with van der Waals surface area (Å²) < 4.78 is 4.85. The van der Waals surface area contributed by atoms with Gasteiger partial charge >= 0.3 is 5.97 Å². The SMILES string of the molecule is CCOC(=O)CSCC(=O)NC(c1ccc(C)cc1)c1cccs1. The maximum absolute atomic E-state index is 12.2. The predicted octanol–water partition coefficient (Wildman–Crippen LogP) is 3.56. The maximum Gasteiger partial charge on any atom is 0.315 e. The van der Waals surface area contributed by atoms with Crippen LogP contribution < -0.4 is 5.32 Å². The van der Waals surface area contributed by atoms with Crippen LogP contribution in [-0.2, 0) is 14.3 Å². The molecule has 24 heavy (non-hydrogen) atoms. The number of aryl methyl sites for hydroxylation is 1. The van der Waals surface area contributed by atoms with Crippen LogP contribution in [0.25, 0.3) is 0 Å². The Kier molecular flexibility index (Phi) is 7.34. The molecule has 4 nitrogen and oxygen atoms in total. The Morgan fingerprint density at radius 3 is 2.58 bits per heavy atom. The molecular weight excluding hydrogens is 342 g/mol. The first-order valence-electron chi connectivity index (χ1n) is 7.73. The van der Waals surface area contributed by atoms with E-state index >= 15 is 0 Å². The van der Waals surface area contributed by atoms with Gasteiger partial charge in [-0.3, -0.25) is 9.59 Å². The fourth-order valence-corrected chi connectivity index (χ4v) is 3.59. The van der Waals surface area contributed by atoms with Crippen LogP contribution in [0.4, 0.5) is 0 Å². The quantitative estimate of drug-likeness (QED) is 0.729. The van der Waals surface area contributed by atoms with Crippen molar-refractivity contribution >= 4 is 35.0 Å². The Bertz CT molecular complexity index is 653. The third-order valence-electron chi connectivity index (χ3n) is 3.30. The second kappa shape index (κ2) is 9.49. The summed E-state index contributed by atoms with van der Waals surface area (Å²) in [5.41, 5.74) is 2.23. The standard InChI is InChI=1S/C18H21NO3S2/c1-3-22-17(21)12-23-11-16(20)19-18(15-5-4-10-24-15)14-8-6-13(2)7-9-14/h4-10,18H,3,11-12H2,1-2H3,(H,19,20). The predicted molar refractivity (Wildman–Crippen MR) is 99.4 cm³/mol. The van der Waals surface area contributed by atoms with E-state index in [2.05, 4.69) is 5.32 Å². The van der Waals surface area contributed by atoms with E-state index in [1.54, 1.807) is 18.3 Å². The molecule has 0 aliphatic carbocycles. The lowest BCUT2D eigenvalue weighted by atomic mass is 10.0. The molecule has 1 N–H and O–H groups in total. The number of thioether (sulfide) groups is 1. The second-order valence-electron chi connectivity index (χ2n) is 5.22. The molecule has 1 amide bonds. The van der Waals surface area contributed by atoms with Crippen LogP contribution in [0.1, 0.15) is 29.0 Å². The van der Waals surface area contributed by atoms with Gasteiger partial charge in [-0.1, -0.05) is 35.9 Å². The molecule has 0 spiro atoms. The van der Waals surface area contributed by atoms with Gasteiger partial charge in [0.15, 0.2) is 0 Å². The Labute approximate surface area is 150 Å². The number of carbonyl (C=O) groups is 2. The van der Waals surface area contributed by atoms with Gasteiger partial charge in [-0.2, -0.15) is 0 Å². The van der Waals surface area contributed by atoms with Gasteiger partial charge in [0.25, 0.3) is 0 Å². The molecule has 0 aliphatic rings. The van der Waals surface area contributed by atoms with Crippen molar-refractivity contribution in [1.29, 1.82) is 0 Å². The molecule has 0 fully saturated rings. The number of nitrogens with one attached hydrogen (secondary N) is 1. The first-order valence-corrected chi connectivity index (χ1v) is 9.76. The van der Waals surface area contributed by atoms with Gasteiger partial charge in [0.1, 0.15) is 0 Å². The molecule has 128 valence electrons. The first kappa shape index (κ1) is 18.5. The largest absolute Gasteiger partial charge is 0.465 e. The van der Waals surface area contributed by atoms with Crippen molar-refractivity contribution in [3.63, 3.8) is 0 Å². The number of carbonyl (C=O) groups excluding carboxylic acids is 2. The third-order valence-corrected chi connectivity index (χ3v) is 5.15. The van der Waals surface area contributed by atoms with Crippen molar-refractivity contribution in [3.05, 3.63) is 57.8 Å². The minimum absolute atomic E-state index is 0.0942. The summed E-state index contributed by atoms with van der Waals surface area (Å²) in [5, 5.41) is 5.06. The van der Waals surface area contributed by atoms with Crippen LogP contribution in [0.3, 0.4) is 0 Å². The van der Waals surface area contributed by atoms with E-state index in [0.717, 1.165) is 10.4 Å². The zero-order valence-electron chi connectivity index (χ0n) is 13.8. The molecule has 0 bridgehead atoms. The Morgan fingerprint density at radius 2 is 1.96 bits per heavy atom. The minimum atomic E-state index is -0.288. The van der Waals surface area contributed by atoms with Gasteiger partial charge in [0.05, 0.1) is 24.2 Å². The molecule has 1 aromatic heterocycles. The smallest absolute Gasteiger partial charge is 0.315 e. The van der Waals surface area contributed by atoms with Crippen LogP contribution in [-0.4, -0.2) is 30.0 Å². The monoisotopic (exact) mass is 363 g/mol. The summed E-state index contributed by atoms with van der Waals surface area (Å²) in [6, 6.07) is 12.0. The minimum Gasteiger partial charge on any atom is -0.465 e. The van der Waals surface area contributed by atoms with Crippen molar-refractivity contribution in [2.24, 2.45) is 0 Å². The van der Waals surface area contributed by atoms with Gasteiger partial charge in [0.2, 0.25) is 5.91 Å². The van der Waals surface area contributed by atoms with Crippen molar-refractivity contribution in [2.75, 3.05) is 18.1 Å². The molecule has 2 aromatic rings. The Morgan fingerprint density at radius 1 is 1.21 bits per heavy atom. The average molecular weight is 364 g/mol. The van der Waals surface area contributed by atoms with Crippen molar-refractivity contribution in [1.82, 2.24) is 5.32 Å². The number of thiophene rings is 1. The van der Waals surface area contributed by atoms with Crippen molar-refractivity contribution in [2.45, 2.75) is 19.9 Å². The Balaban J connectivity index is 1.97. The van der Waals surface area contributed by atoms with E-state index in [-0.39, 0.29) is 29.4 Å². The number of ether oxygens (including phenoxy) is 1. The number of rotatable bonds is 8. The lowest BCUT2D eigenvalue weighted by molar-refractivity contribution is -0.139. The average Bonchev–Trinajstić information content (AvgIpc) is 3.08. The summed E-state index contributed by atoms with van der Waals surface area (Å²) >= 11 is 2.87. The summed E-state index contributed by atoms with van der Waals surface area (Å²) in [7, 11) is 0.